The Morgan fingerprint density at radius 3 is 1.33 bits per heavy atom. The summed E-state index contributed by atoms with van der Waals surface area (Å²) < 4.78 is 0. The molecule has 0 aromatic heterocycles. The second-order valence-corrected chi connectivity index (χ2v) is 11.8. The molecule has 0 saturated heterocycles. The molecule has 0 spiro atoms. The van der Waals surface area contributed by atoms with Gasteiger partial charge in [0.25, 0.3) is 0 Å². The van der Waals surface area contributed by atoms with Crippen molar-refractivity contribution in [3.8, 4) is 0 Å². The molecule has 0 aliphatic rings. The second-order valence-electron chi connectivity index (χ2n) is 10.8. The number of rotatable bonds is 26. The molecule has 0 aromatic rings. The maximum atomic E-state index is 13.4. The Morgan fingerprint density at radius 1 is 0.583 bits per heavy atom. The number of carboxylic acid groups (broad SMARTS) is 3. The van der Waals surface area contributed by atoms with Gasteiger partial charge in [-0.1, -0.05) is 0 Å². The van der Waals surface area contributed by atoms with Crippen molar-refractivity contribution in [1.29, 1.82) is 0 Å². The molecule has 0 aromatic carbocycles. The Bertz CT molecular complexity index is 1160. The largest absolute Gasteiger partial charge is 0.481 e. The number of carbonyl (C=O) groups excluding carboxylic acids is 6. The summed E-state index contributed by atoms with van der Waals surface area (Å²) in [6.45, 7) is 1.40. The predicted molar refractivity (Wildman–Crippen MR) is 171 cm³/mol. The van der Waals surface area contributed by atoms with Crippen molar-refractivity contribution < 1.29 is 58.5 Å². The van der Waals surface area contributed by atoms with Crippen LogP contribution in [0.25, 0.3) is 0 Å². The Hall–Kier alpha value is -4.46. The van der Waals surface area contributed by atoms with Gasteiger partial charge >= 0.3 is 17.9 Å². The first-order valence-electron chi connectivity index (χ1n) is 15.1. The highest BCUT2D eigenvalue weighted by Crippen LogP contribution is 2.09. The lowest BCUT2D eigenvalue weighted by Gasteiger charge is -2.26. The van der Waals surface area contributed by atoms with Gasteiger partial charge in [0.15, 0.2) is 0 Å². The molecule has 20 heteroatoms. The van der Waals surface area contributed by atoms with Gasteiger partial charge in [0, 0.05) is 26.2 Å². The molecule has 0 unspecified atom stereocenters. The van der Waals surface area contributed by atoms with Crippen LogP contribution in [0.2, 0.25) is 0 Å². The van der Waals surface area contributed by atoms with Gasteiger partial charge in [-0.05, 0) is 63.5 Å². The molecule has 0 bridgehead atoms. The zero-order valence-electron chi connectivity index (χ0n) is 27.0. The Kier molecular flexibility index (Phi) is 21.6. The molecule has 0 fully saturated rings. The monoisotopic (exact) mass is 705 g/mol. The highest BCUT2D eigenvalue weighted by molar-refractivity contribution is 7.98. The molecular weight excluding hydrogens is 658 g/mol. The summed E-state index contributed by atoms with van der Waals surface area (Å²) in [4.78, 5) is 110. The number of carbonyl (C=O) groups is 9. The van der Waals surface area contributed by atoms with Gasteiger partial charge in [0.05, 0.1) is 0 Å². The lowest BCUT2D eigenvalue weighted by atomic mass is 10.0. The third-order valence-corrected chi connectivity index (χ3v) is 7.38. The highest BCUT2D eigenvalue weighted by atomic mass is 32.2. The maximum Gasteiger partial charge on any atom is 0.326 e. The number of unbranched alkanes of at least 4 members (excludes halogenated alkanes) is 1. The molecule has 6 amide bonds. The molecule has 272 valence electrons. The number of aliphatic carboxylic acids is 3. The van der Waals surface area contributed by atoms with E-state index in [4.69, 9.17) is 16.6 Å². The van der Waals surface area contributed by atoms with E-state index in [1.54, 1.807) is 6.26 Å². The van der Waals surface area contributed by atoms with Gasteiger partial charge in [-0.15, -0.1) is 0 Å². The lowest BCUT2D eigenvalue weighted by molar-refractivity contribution is -0.143. The predicted octanol–water partition coefficient (Wildman–Crippen LogP) is -2.61. The summed E-state index contributed by atoms with van der Waals surface area (Å²) in [6, 6.07) is -7.03. The zero-order valence-corrected chi connectivity index (χ0v) is 27.8. The molecule has 0 aliphatic heterocycles. The summed E-state index contributed by atoms with van der Waals surface area (Å²) in [6.07, 6.45) is 0.105. The van der Waals surface area contributed by atoms with Crippen LogP contribution in [0.4, 0.5) is 0 Å². The van der Waals surface area contributed by atoms with Crippen LogP contribution in [-0.2, 0) is 43.2 Å². The molecule has 19 nitrogen and oxygen atoms in total. The van der Waals surface area contributed by atoms with Crippen molar-refractivity contribution >= 4 is 65.1 Å². The van der Waals surface area contributed by atoms with Crippen molar-refractivity contribution in [2.45, 2.75) is 101 Å². The summed E-state index contributed by atoms with van der Waals surface area (Å²) in [5.41, 5.74) is 10.7. The summed E-state index contributed by atoms with van der Waals surface area (Å²) >= 11 is 1.30. The van der Waals surface area contributed by atoms with Crippen LogP contribution in [0.3, 0.4) is 0 Å². The average molecular weight is 706 g/mol. The van der Waals surface area contributed by atoms with E-state index in [9.17, 15) is 53.4 Å². The Morgan fingerprint density at radius 2 is 0.979 bits per heavy atom. The van der Waals surface area contributed by atoms with Crippen LogP contribution in [0, 0.1) is 0 Å². The molecule has 0 radical (unpaired) electrons. The van der Waals surface area contributed by atoms with E-state index in [1.165, 1.54) is 11.8 Å². The van der Waals surface area contributed by atoms with Crippen molar-refractivity contribution in [2.75, 3.05) is 18.6 Å². The standard InChI is InChI=1S/C28H47N7O12S/c1-15(36)31-16(7-10-22(38)39)24(42)33-18(8-11-23(40)41)25(43)34-19(12-14-48-2)27(45)32-17(6-9-21(30)37)26(44)35-20(28(46)47)5-3-4-13-29/h16-20H,3-14,29H2,1-2H3,(H2,30,37)(H,31,36)(H,32,45)(H,33,42)(H,34,43)(H,35,44)(H,38,39)(H,40,41)(H,46,47)/t16-,17-,18-,19-,20-/m0/s1. The summed E-state index contributed by atoms with van der Waals surface area (Å²) in [5.74, 6) is -8.84. The normalized spacial score (nSPS) is 13.8. The van der Waals surface area contributed by atoms with Crippen LogP contribution >= 0.6 is 11.8 Å². The number of hydrogen-bond donors (Lipinski definition) is 10. The van der Waals surface area contributed by atoms with Gasteiger partial charge in [-0.3, -0.25) is 38.4 Å². The third-order valence-electron chi connectivity index (χ3n) is 6.74. The first kappa shape index (κ1) is 43.5. The minimum Gasteiger partial charge on any atom is -0.481 e. The van der Waals surface area contributed by atoms with Crippen molar-refractivity contribution in [3.63, 3.8) is 0 Å². The van der Waals surface area contributed by atoms with Gasteiger partial charge < -0.3 is 53.4 Å². The number of nitrogens with one attached hydrogen (secondary N) is 5. The fourth-order valence-corrected chi connectivity index (χ4v) is 4.69. The van der Waals surface area contributed by atoms with E-state index >= 15 is 0 Å². The summed E-state index contributed by atoms with van der Waals surface area (Å²) in [7, 11) is 0. The van der Waals surface area contributed by atoms with E-state index in [-0.39, 0.29) is 32.1 Å². The number of thioether (sulfide) groups is 1. The smallest absolute Gasteiger partial charge is 0.326 e. The first-order valence-corrected chi connectivity index (χ1v) is 16.5. The van der Waals surface area contributed by atoms with Gasteiger partial charge in [0.2, 0.25) is 35.4 Å². The number of primary amides is 1. The third kappa shape index (κ3) is 19.3. The van der Waals surface area contributed by atoms with E-state index in [0.717, 1.165) is 6.92 Å². The van der Waals surface area contributed by atoms with E-state index in [1.807, 2.05) is 0 Å². The lowest BCUT2D eigenvalue weighted by Crippen LogP contribution is -2.59. The zero-order chi connectivity index (χ0) is 36.8. The van der Waals surface area contributed by atoms with E-state index in [2.05, 4.69) is 26.6 Å². The quantitative estimate of drug-likeness (QED) is 0.0413. The second kappa shape index (κ2) is 23.8. The average Bonchev–Trinajstić information content (AvgIpc) is 2.99. The number of amides is 6. The van der Waals surface area contributed by atoms with Gasteiger partial charge in [0.1, 0.15) is 30.2 Å². The number of nitrogens with two attached hydrogens (primary N) is 2. The highest BCUT2D eigenvalue weighted by Gasteiger charge is 2.32. The molecule has 12 N–H and O–H groups in total. The molecule has 0 heterocycles. The Labute approximate surface area is 281 Å². The molecule has 0 rings (SSSR count). The van der Waals surface area contributed by atoms with Crippen molar-refractivity contribution in [1.82, 2.24) is 26.6 Å². The number of hydrogen-bond acceptors (Lipinski definition) is 11. The first-order chi connectivity index (χ1) is 22.5. The van der Waals surface area contributed by atoms with Crippen LogP contribution < -0.4 is 38.1 Å². The van der Waals surface area contributed by atoms with Crippen LogP contribution in [0.5, 0.6) is 0 Å². The van der Waals surface area contributed by atoms with Crippen LogP contribution in [0.15, 0.2) is 0 Å². The molecule has 48 heavy (non-hydrogen) atoms. The van der Waals surface area contributed by atoms with E-state index < -0.39 is 103 Å². The molecule has 0 saturated carbocycles. The van der Waals surface area contributed by atoms with E-state index in [0.29, 0.717) is 25.1 Å². The summed E-state index contributed by atoms with van der Waals surface area (Å²) in [5, 5.41) is 39.5. The minimum atomic E-state index is -1.54. The molecular formula is C28H47N7O12S. The fourth-order valence-electron chi connectivity index (χ4n) is 4.22. The Balaban J connectivity index is 6.10. The topological polar surface area (TPSA) is 327 Å². The molecule has 0 aliphatic carbocycles. The van der Waals surface area contributed by atoms with Crippen molar-refractivity contribution in [3.05, 3.63) is 0 Å². The van der Waals surface area contributed by atoms with Crippen molar-refractivity contribution in [2.24, 2.45) is 11.5 Å². The van der Waals surface area contributed by atoms with Gasteiger partial charge in [-0.2, -0.15) is 11.8 Å². The fraction of sp³-hybridized carbons (Fsp3) is 0.679. The van der Waals surface area contributed by atoms with Crippen LogP contribution in [-0.4, -0.2) is 117 Å². The minimum absolute atomic E-state index is 0.00748. The maximum absolute atomic E-state index is 13.4. The van der Waals surface area contributed by atoms with Gasteiger partial charge in [-0.25, -0.2) is 4.79 Å². The number of carboxylic acids is 3. The SMILES string of the molecule is CSCC[C@H](NC(=O)[C@H](CCC(=O)O)NC(=O)[C@H](CCC(=O)O)NC(C)=O)C(=O)N[C@@H](CCC(N)=O)C(=O)N[C@@H](CCCCN)C(=O)O. The molecule has 5 atom stereocenters. The van der Waals surface area contributed by atoms with Crippen LogP contribution in [0.1, 0.15) is 71.1 Å².